The number of hydrogen-bond acceptors (Lipinski definition) is 3. The van der Waals surface area contributed by atoms with Gasteiger partial charge in [-0.25, -0.2) is 0 Å². The molecule has 1 aromatic carbocycles. The Morgan fingerprint density at radius 2 is 2.00 bits per heavy atom. The highest BCUT2D eigenvalue weighted by Gasteiger charge is 2.14. The van der Waals surface area contributed by atoms with Gasteiger partial charge in [0, 0.05) is 5.56 Å². The largest absolute Gasteiger partial charge is 0.489 e. The highest BCUT2D eigenvalue weighted by Crippen LogP contribution is 2.26. The third kappa shape index (κ3) is 3.38. The monoisotopic (exact) mass is 259 g/mol. The van der Waals surface area contributed by atoms with Crippen molar-refractivity contribution in [2.75, 3.05) is 0 Å². The van der Waals surface area contributed by atoms with E-state index in [1.807, 2.05) is 18.2 Å². The zero-order chi connectivity index (χ0) is 13.9. The maximum atomic E-state index is 5.81. The molecule has 0 atom stereocenters. The van der Waals surface area contributed by atoms with Crippen LogP contribution in [0.15, 0.2) is 41.0 Å². The van der Waals surface area contributed by atoms with Gasteiger partial charge >= 0.3 is 0 Å². The maximum Gasteiger partial charge on any atom is 0.123 e. The lowest BCUT2D eigenvalue weighted by Crippen LogP contribution is -2.11. The van der Waals surface area contributed by atoms with Gasteiger partial charge in [-0.2, -0.15) is 0 Å². The summed E-state index contributed by atoms with van der Waals surface area (Å²) in [6, 6.07) is 10.1. The molecule has 0 bridgehead atoms. The van der Waals surface area contributed by atoms with E-state index < -0.39 is 0 Å². The fraction of sp³-hybridized carbons (Fsp3) is 0.375. The molecule has 0 saturated heterocycles. The first-order valence-electron chi connectivity index (χ1n) is 6.49. The minimum Gasteiger partial charge on any atom is -0.489 e. The SMILES string of the molecule is CC(C)(C)c1cccc(OCc2ccoc2CN)c1. The molecule has 0 saturated carbocycles. The first-order chi connectivity index (χ1) is 9.00. The molecule has 0 spiro atoms. The van der Waals surface area contributed by atoms with E-state index in [1.165, 1.54) is 5.56 Å². The minimum atomic E-state index is 0.122. The van der Waals surface area contributed by atoms with E-state index in [2.05, 4.69) is 32.9 Å². The van der Waals surface area contributed by atoms with Crippen LogP contribution >= 0.6 is 0 Å². The van der Waals surface area contributed by atoms with Gasteiger partial charge in [0.05, 0.1) is 12.8 Å². The summed E-state index contributed by atoms with van der Waals surface area (Å²) in [6.45, 7) is 7.45. The molecule has 2 N–H and O–H groups in total. The van der Waals surface area contributed by atoms with Crippen molar-refractivity contribution in [2.24, 2.45) is 5.73 Å². The molecule has 3 nitrogen and oxygen atoms in total. The van der Waals surface area contributed by atoms with Crippen LogP contribution in [0.3, 0.4) is 0 Å². The van der Waals surface area contributed by atoms with Gasteiger partial charge in [-0.05, 0) is 29.2 Å². The molecule has 0 aliphatic rings. The predicted molar refractivity (Wildman–Crippen MR) is 76.1 cm³/mol. The highest BCUT2D eigenvalue weighted by molar-refractivity contribution is 5.33. The minimum absolute atomic E-state index is 0.122. The Kier molecular flexibility index (Phi) is 3.96. The van der Waals surface area contributed by atoms with Gasteiger partial charge in [-0.15, -0.1) is 0 Å². The molecule has 19 heavy (non-hydrogen) atoms. The van der Waals surface area contributed by atoms with E-state index in [4.69, 9.17) is 14.9 Å². The molecule has 2 rings (SSSR count). The Morgan fingerprint density at radius 3 is 2.68 bits per heavy atom. The van der Waals surface area contributed by atoms with Crippen molar-refractivity contribution < 1.29 is 9.15 Å². The van der Waals surface area contributed by atoms with Crippen LogP contribution in [0.1, 0.15) is 37.7 Å². The average Bonchev–Trinajstić information content (AvgIpc) is 2.83. The molecule has 0 aliphatic heterocycles. The van der Waals surface area contributed by atoms with Gasteiger partial charge < -0.3 is 14.9 Å². The molecule has 2 aromatic rings. The van der Waals surface area contributed by atoms with E-state index in [-0.39, 0.29) is 5.41 Å². The van der Waals surface area contributed by atoms with Crippen LogP contribution < -0.4 is 10.5 Å². The van der Waals surface area contributed by atoms with Crippen molar-refractivity contribution in [2.45, 2.75) is 39.3 Å². The number of furan rings is 1. The third-order valence-electron chi connectivity index (χ3n) is 3.12. The molecule has 0 fully saturated rings. The van der Waals surface area contributed by atoms with E-state index in [1.54, 1.807) is 6.26 Å². The lowest BCUT2D eigenvalue weighted by Gasteiger charge is -2.19. The number of rotatable bonds is 4. The summed E-state index contributed by atoms with van der Waals surface area (Å²) in [7, 11) is 0. The first-order valence-corrected chi connectivity index (χ1v) is 6.49. The lowest BCUT2D eigenvalue weighted by atomic mass is 9.87. The summed E-state index contributed by atoms with van der Waals surface area (Å²) >= 11 is 0. The van der Waals surface area contributed by atoms with Gasteiger partial charge in [-0.3, -0.25) is 0 Å². The molecular formula is C16H21NO2. The number of hydrogen-bond donors (Lipinski definition) is 1. The van der Waals surface area contributed by atoms with Crippen molar-refractivity contribution >= 4 is 0 Å². The van der Waals surface area contributed by atoms with Crippen molar-refractivity contribution in [1.82, 2.24) is 0 Å². The Hall–Kier alpha value is -1.74. The van der Waals surface area contributed by atoms with Crippen molar-refractivity contribution in [1.29, 1.82) is 0 Å². The normalized spacial score (nSPS) is 11.6. The summed E-state index contributed by atoms with van der Waals surface area (Å²) in [6.07, 6.45) is 1.65. The molecule has 0 aliphatic carbocycles. The molecule has 102 valence electrons. The number of ether oxygens (including phenoxy) is 1. The zero-order valence-corrected chi connectivity index (χ0v) is 11.8. The first kappa shape index (κ1) is 13.7. The maximum absolute atomic E-state index is 5.81. The Morgan fingerprint density at radius 1 is 1.21 bits per heavy atom. The Bertz CT molecular complexity index is 538. The smallest absolute Gasteiger partial charge is 0.123 e. The molecular weight excluding hydrogens is 238 g/mol. The van der Waals surface area contributed by atoms with Crippen molar-refractivity contribution in [3.05, 3.63) is 53.5 Å². The van der Waals surface area contributed by atoms with E-state index >= 15 is 0 Å². The van der Waals surface area contributed by atoms with Crippen LogP contribution in [0.4, 0.5) is 0 Å². The molecule has 1 heterocycles. The fourth-order valence-electron chi connectivity index (χ4n) is 1.89. The third-order valence-corrected chi connectivity index (χ3v) is 3.12. The van der Waals surface area contributed by atoms with E-state index in [0.29, 0.717) is 13.2 Å². The van der Waals surface area contributed by atoms with Gasteiger partial charge in [0.15, 0.2) is 0 Å². The lowest BCUT2D eigenvalue weighted by molar-refractivity contribution is 0.301. The number of benzene rings is 1. The summed E-state index contributed by atoms with van der Waals surface area (Å²) in [5.74, 6) is 1.66. The van der Waals surface area contributed by atoms with Crippen LogP contribution in [0, 0.1) is 0 Å². The number of nitrogens with two attached hydrogens (primary N) is 1. The highest BCUT2D eigenvalue weighted by atomic mass is 16.5. The topological polar surface area (TPSA) is 48.4 Å². The Labute approximate surface area is 114 Å². The summed E-state index contributed by atoms with van der Waals surface area (Å²) < 4.78 is 11.1. The summed E-state index contributed by atoms with van der Waals surface area (Å²) in [4.78, 5) is 0. The van der Waals surface area contributed by atoms with E-state index in [0.717, 1.165) is 17.1 Å². The molecule has 0 unspecified atom stereocenters. The quantitative estimate of drug-likeness (QED) is 0.912. The average molecular weight is 259 g/mol. The predicted octanol–water partition coefficient (Wildman–Crippen LogP) is 3.61. The van der Waals surface area contributed by atoms with Crippen molar-refractivity contribution in [3.8, 4) is 5.75 Å². The second-order valence-corrected chi connectivity index (χ2v) is 5.64. The van der Waals surface area contributed by atoms with Crippen LogP contribution in [-0.4, -0.2) is 0 Å². The molecule has 0 amide bonds. The van der Waals surface area contributed by atoms with Gasteiger partial charge in [0.1, 0.15) is 18.1 Å². The van der Waals surface area contributed by atoms with Crippen LogP contribution in [0.2, 0.25) is 0 Å². The summed E-state index contributed by atoms with van der Waals surface area (Å²) in [5, 5.41) is 0. The van der Waals surface area contributed by atoms with Gasteiger partial charge in [0.25, 0.3) is 0 Å². The second kappa shape index (κ2) is 5.49. The molecule has 3 heteroatoms. The molecule has 1 aromatic heterocycles. The summed E-state index contributed by atoms with van der Waals surface area (Å²) in [5.41, 5.74) is 7.98. The van der Waals surface area contributed by atoms with Crippen LogP contribution in [0.5, 0.6) is 5.75 Å². The van der Waals surface area contributed by atoms with Gasteiger partial charge in [0.2, 0.25) is 0 Å². The standard InChI is InChI=1S/C16H21NO2/c1-16(2,3)13-5-4-6-14(9-13)19-11-12-7-8-18-15(12)10-17/h4-9H,10-11,17H2,1-3H3. The van der Waals surface area contributed by atoms with Crippen LogP contribution in [-0.2, 0) is 18.6 Å². The van der Waals surface area contributed by atoms with Crippen molar-refractivity contribution in [3.63, 3.8) is 0 Å². The Balaban J connectivity index is 2.08. The zero-order valence-electron chi connectivity index (χ0n) is 11.8. The molecule has 0 radical (unpaired) electrons. The van der Waals surface area contributed by atoms with Crippen LogP contribution in [0.25, 0.3) is 0 Å². The van der Waals surface area contributed by atoms with Gasteiger partial charge in [-0.1, -0.05) is 32.9 Å². The van der Waals surface area contributed by atoms with E-state index in [9.17, 15) is 0 Å². The fourth-order valence-corrected chi connectivity index (χ4v) is 1.89. The second-order valence-electron chi connectivity index (χ2n) is 5.64.